The maximum atomic E-state index is 12.5. The van der Waals surface area contributed by atoms with Gasteiger partial charge in [-0.15, -0.1) is 0 Å². The minimum Gasteiger partial charge on any atom is -0.376 e. The van der Waals surface area contributed by atoms with Crippen LogP contribution in [0.15, 0.2) is 30.3 Å². The zero-order valence-electron chi connectivity index (χ0n) is 16.0. The number of benzene rings is 1. The lowest BCUT2D eigenvalue weighted by atomic mass is 10.1. The fourth-order valence-corrected chi connectivity index (χ4v) is 3.43. The smallest absolute Gasteiger partial charge is 0.317 e. The number of nitrogens with one attached hydrogen (secondary N) is 1. The summed E-state index contributed by atoms with van der Waals surface area (Å²) < 4.78 is 7.59. The van der Waals surface area contributed by atoms with Crippen LogP contribution in [0, 0.1) is 13.8 Å². The van der Waals surface area contributed by atoms with Crippen molar-refractivity contribution in [1.29, 1.82) is 0 Å². The largest absolute Gasteiger partial charge is 0.376 e. The van der Waals surface area contributed by atoms with Crippen molar-refractivity contribution in [2.45, 2.75) is 52.3 Å². The van der Waals surface area contributed by atoms with Gasteiger partial charge in [-0.05, 0) is 45.7 Å². The van der Waals surface area contributed by atoms with E-state index in [1.807, 2.05) is 62.8 Å². The Balaban J connectivity index is 1.68. The molecule has 0 spiro atoms. The zero-order chi connectivity index (χ0) is 18.7. The Kier molecular flexibility index (Phi) is 5.61. The summed E-state index contributed by atoms with van der Waals surface area (Å²) in [6, 6.07) is 9.98. The van der Waals surface area contributed by atoms with Crippen LogP contribution < -0.4 is 5.32 Å². The van der Waals surface area contributed by atoms with Gasteiger partial charge in [0.2, 0.25) is 0 Å². The first kappa shape index (κ1) is 18.5. The summed E-state index contributed by atoms with van der Waals surface area (Å²) >= 11 is 0. The van der Waals surface area contributed by atoms with Crippen LogP contribution in [0.25, 0.3) is 5.69 Å². The van der Waals surface area contributed by atoms with Crippen LogP contribution in [0.5, 0.6) is 0 Å². The van der Waals surface area contributed by atoms with Gasteiger partial charge >= 0.3 is 6.03 Å². The molecule has 1 fully saturated rings. The Morgan fingerprint density at radius 2 is 2.12 bits per heavy atom. The van der Waals surface area contributed by atoms with Crippen LogP contribution in [-0.2, 0) is 11.3 Å². The van der Waals surface area contributed by atoms with E-state index in [1.54, 1.807) is 4.90 Å². The Morgan fingerprint density at radius 1 is 1.38 bits per heavy atom. The van der Waals surface area contributed by atoms with E-state index in [1.165, 1.54) is 0 Å². The van der Waals surface area contributed by atoms with E-state index in [2.05, 4.69) is 10.4 Å². The molecule has 2 heterocycles. The van der Waals surface area contributed by atoms with Crippen molar-refractivity contribution in [3.05, 3.63) is 47.3 Å². The summed E-state index contributed by atoms with van der Waals surface area (Å²) in [4.78, 5) is 14.3. The maximum absolute atomic E-state index is 12.5. The topological polar surface area (TPSA) is 59.4 Å². The van der Waals surface area contributed by atoms with Gasteiger partial charge in [0.05, 0.1) is 30.1 Å². The van der Waals surface area contributed by atoms with Gasteiger partial charge in [0.1, 0.15) is 0 Å². The second-order valence-electron chi connectivity index (χ2n) is 7.04. The SMILES string of the molecule is Cc1nn(-c2ccccc2)c(C)c1CN(C)C(=O)NC(C)C1CCCO1. The van der Waals surface area contributed by atoms with Crippen molar-refractivity contribution in [1.82, 2.24) is 20.0 Å². The third-order valence-corrected chi connectivity index (χ3v) is 5.06. The molecule has 3 rings (SSSR count). The highest BCUT2D eigenvalue weighted by Crippen LogP contribution is 2.20. The third-order valence-electron chi connectivity index (χ3n) is 5.06. The number of nitrogens with zero attached hydrogens (tertiary/aromatic N) is 3. The van der Waals surface area contributed by atoms with E-state index in [0.717, 1.165) is 42.1 Å². The number of ether oxygens (including phenoxy) is 1. The molecule has 2 aromatic rings. The molecule has 6 nitrogen and oxygen atoms in total. The highest BCUT2D eigenvalue weighted by Gasteiger charge is 2.25. The lowest BCUT2D eigenvalue weighted by Gasteiger charge is -2.24. The first-order valence-electron chi connectivity index (χ1n) is 9.21. The van der Waals surface area contributed by atoms with Crippen LogP contribution in [-0.4, -0.2) is 46.5 Å². The highest BCUT2D eigenvalue weighted by atomic mass is 16.5. The van der Waals surface area contributed by atoms with Crippen LogP contribution in [0.1, 0.15) is 36.7 Å². The monoisotopic (exact) mass is 356 g/mol. The van der Waals surface area contributed by atoms with E-state index in [4.69, 9.17) is 4.74 Å². The van der Waals surface area contributed by atoms with Gasteiger partial charge < -0.3 is 15.0 Å². The molecule has 6 heteroatoms. The van der Waals surface area contributed by atoms with Crippen molar-refractivity contribution in [2.24, 2.45) is 0 Å². The molecule has 2 atom stereocenters. The summed E-state index contributed by atoms with van der Waals surface area (Å²) in [6.45, 7) is 7.35. The van der Waals surface area contributed by atoms with Crippen LogP contribution in [0.4, 0.5) is 4.79 Å². The number of aromatic nitrogens is 2. The normalized spacial score (nSPS) is 17.9. The number of amides is 2. The summed E-state index contributed by atoms with van der Waals surface area (Å²) in [5.41, 5.74) is 4.11. The van der Waals surface area contributed by atoms with Gasteiger partial charge in [0.25, 0.3) is 0 Å². The highest BCUT2D eigenvalue weighted by molar-refractivity contribution is 5.74. The Labute approximate surface area is 155 Å². The minimum atomic E-state index is -0.0840. The molecule has 1 N–H and O–H groups in total. The number of rotatable bonds is 5. The minimum absolute atomic E-state index is 0.0154. The number of carbonyl (C=O) groups excluding carboxylic acids is 1. The standard InChI is InChI=1S/C20H28N4O2/c1-14-18(16(3)24(22-14)17-9-6-5-7-10-17)13-23(4)20(25)21-15(2)19-11-8-12-26-19/h5-7,9-10,15,19H,8,11-13H2,1-4H3,(H,21,25). The number of carbonyl (C=O) groups is 1. The van der Waals surface area contributed by atoms with Crippen LogP contribution in [0.2, 0.25) is 0 Å². The molecule has 0 aliphatic carbocycles. The molecule has 1 saturated heterocycles. The van der Waals surface area contributed by atoms with Crippen molar-refractivity contribution < 1.29 is 9.53 Å². The van der Waals surface area contributed by atoms with Crippen molar-refractivity contribution >= 4 is 6.03 Å². The molecule has 26 heavy (non-hydrogen) atoms. The van der Waals surface area contributed by atoms with Gasteiger partial charge in [-0.3, -0.25) is 0 Å². The lowest BCUT2D eigenvalue weighted by Crippen LogP contribution is -2.46. The van der Waals surface area contributed by atoms with E-state index in [-0.39, 0.29) is 18.2 Å². The van der Waals surface area contributed by atoms with Crippen molar-refractivity contribution in [2.75, 3.05) is 13.7 Å². The quantitative estimate of drug-likeness (QED) is 0.895. The molecule has 1 aromatic heterocycles. The van der Waals surface area contributed by atoms with E-state index in [9.17, 15) is 4.79 Å². The lowest BCUT2D eigenvalue weighted by molar-refractivity contribution is 0.0838. The Hall–Kier alpha value is -2.34. The van der Waals surface area contributed by atoms with E-state index < -0.39 is 0 Å². The molecule has 2 amide bonds. The van der Waals surface area contributed by atoms with Gasteiger partial charge in [0, 0.05) is 24.9 Å². The Bertz CT molecular complexity index is 751. The number of hydrogen-bond acceptors (Lipinski definition) is 3. The number of para-hydroxylation sites is 1. The average Bonchev–Trinajstić information content (AvgIpc) is 3.26. The second-order valence-corrected chi connectivity index (χ2v) is 7.04. The summed E-state index contributed by atoms with van der Waals surface area (Å²) in [5, 5.41) is 7.71. The van der Waals surface area contributed by atoms with Crippen LogP contribution in [0.3, 0.4) is 0 Å². The molecule has 0 radical (unpaired) electrons. The van der Waals surface area contributed by atoms with E-state index >= 15 is 0 Å². The van der Waals surface area contributed by atoms with Crippen molar-refractivity contribution in [3.63, 3.8) is 0 Å². The maximum Gasteiger partial charge on any atom is 0.317 e. The molecular weight excluding hydrogens is 328 g/mol. The fraction of sp³-hybridized carbons (Fsp3) is 0.500. The summed E-state index contributed by atoms with van der Waals surface area (Å²) in [6.07, 6.45) is 2.20. The molecule has 1 aliphatic heterocycles. The molecule has 140 valence electrons. The average molecular weight is 356 g/mol. The van der Waals surface area contributed by atoms with Gasteiger partial charge in [0.15, 0.2) is 0 Å². The third kappa shape index (κ3) is 3.90. The van der Waals surface area contributed by atoms with Gasteiger partial charge in [-0.2, -0.15) is 5.10 Å². The predicted molar refractivity (Wildman–Crippen MR) is 101 cm³/mol. The fourth-order valence-electron chi connectivity index (χ4n) is 3.43. The van der Waals surface area contributed by atoms with Crippen LogP contribution >= 0.6 is 0 Å². The summed E-state index contributed by atoms with van der Waals surface area (Å²) in [5.74, 6) is 0. The van der Waals surface area contributed by atoms with Gasteiger partial charge in [-0.1, -0.05) is 18.2 Å². The van der Waals surface area contributed by atoms with E-state index in [0.29, 0.717) is 6.54 Å². The zero-order valence-corrected chi connectivity index (χ0v) is 16.0. The molecular formula is C20H28N4O2. The number of urea groups is 1. The first-order valence-corrected chi connectivity index (χ1v) is 9.21. The number of aryl methyl sites for hydroxylation is 1. The summed E-state index contributed by atoms with van der Waals surface area (Å²) in [7, 11) is 1.82. The van der Waals surface area contributed by atoms with Gasteiger partial charge in [-0.25, -0.2) is 9.48 Å². The first-order chi connectivity index (χ1) is 12.5. The predicted octanol–water partition coefficient (Wildman–Crippen LogP) is 3.20. The molecule has 1 aliphatic rings. The number of hydrogen-bond donors (Lipinski definition) is 1. The second kappa shape index (κ2) is 7.91. The molecule has 0 bridgehead atoms. The Morgan fingerprint density at radius 3 is 2.77 bits per heavy atom. The molecule has 2 unspecified atom stereocenters. The molecule has 1 aromatic carbocycles. The van der Waals surface area contributed by atoms with Crippen molar-refractivity contribution in [3.8, 4) is 5.69 Å². The molecule has 0 saturated carbocycles.